The van der Waals surface area contributed by atoms with Crippen molar-refractivity contribution in [2.75, 3.05) is 12.3 Å². The second-order valence-electron chi connectivity index (χ2n) is 2.51. The van der Waals surface area contributed by atoms with Gasteiger partial charge in [0.25, 0.3) is 0 Å². The number of hydrogen-bond acceptors (Lipinski definition) is 5. The van der Waals surface area contributed by atoms with Gasteiger partial charge >= 0.3 is 5.97 Å². The minimum absolute atomic E-state index is 0.149. The summed E-state index contributed by atoms with van der Waals surface area (Å²) in [6.07, 6.45) is 1.40. The van der Waals surface area contributed by atoms with Crippen LogP contribution in [0.2, 0.25) is 0 Å². The molecule has 6 heteroatoms. The number of nitrogens with zero attached hydrogens (tertiary/aromatic N) is 3. The van der Waals surface area contributed by atoms with Gasteiger partial charge in [0.15, 0.2) is 0 Å². The lowest BCUT2D eigenvalue weighted by Crippen LogP contribution is -2.19. The molecule has 1 aromatic heterocycles. The van der Waals surface area contributed by atoms with E-state index < -0.39 is 6.04 Å². The number of aromatic nitrogens is 3. The first-order valence-corrected chi connectivity index (χ1v) is 3.98. The molecule has 13 heavy (non-hydrogen) atoms. The number of esters is 1. The molecule has 0 aliphatic carbocycles. The van der Waals surface area contributed by atoms with E-state index >= 15 is 0 Å². The van der Waals surface area contributed by atoms with Gasteiger partial charge in [-0.05, 0) is 13.8 Å². The largest absolute Gasteiger partial charge is 0.464 e. The molecule has 6 nitrogen and oxygen atoms in total. The molecular formula is C7H12N4O2. The summed E-state index contributed by atoms with van der Waals surface area (Å²) in [6, 6.07) is -0.482. The molecule has 1 rings (SSSR count). The fraction of sp³-hybridized carbons (Fsp3) is 0.571. The van der Waals surface area contributed by atoms with Gasteiger partial charge in [0, 0.05) is 0 Å². The lowest BCUT2D eigenvalue weighted by atomic mass is 10.3. The Morgan fingerprint density at radius 2 is 2.54 bits per heavy atom. The first-order chi connectivity index (χ1) is 6.15. The molecule has 1 atom stereocenters. The molecule has 0 aliphatic rings. The number of ether oxygens (including phenoxy) is 1. The van der Waals surface area contributed by atoms with E-state index in [-0.39, 0.29) is 11.9 Å². The maximum absolute atomic E-state index is 11.2. The number of nitrogen functional groups attached to an aromatic ring is 1. The van der Waals surface area contributed by atoms with Crippen LogP contribution in [0.4, 0.5) is 5.95 Å². The first-order valence-electron chi connectivity index (χ1n) is 3.98. The van der Waals surface area contributed by atoms with Crippen LogP contribution in [0.3, 0.4) is 0 Å². The summed E-state index contributed by atoms with van der Waals surface area (Å²) < 4.78 is 6.17. The van der Waals surface area contributed by atoms with Crippen LogP contribution in [0.25, 0.3) is 0 Å². The van der Waals surface area contributed by atoms with Crippen molar-refractivity contribution < 1.29 is 9.53 Å². The molecule has 0 fully saturated rings. The molecule has 0 radical (unpaired) electrons. The molecule has 0 saturated carbocycles. The van der Waals surface area contributed by atoms with Crippen LogP contribution in [-0.2, 0) is 9.53 Å². The van der Waals surface area contributed by atoms with Crippen molar-refractivity contribution in [2.24, 2.45) is 0 Å². The molecular weight excluding hydrogens is 172 g/mol. The van der Waals surface area contributed by atoms with Crippen LogP contribution in [-0.4, -0.2) is 27.3 Å². The summed E-state index contributed by atoms with van der Waals surface area (Å²) >= 11 is 0. The summed E-state index contributed by atoms with van der Waals surface area (Å²) in [6.45, 7) is 3.78. The fourth-order valence-electron chi connectivity index (χ4n) is 0.846. The van der Waals surface area contributed by atoms with E-state index in [1.807, 2.05) is 0 Å². The minimum atomic E-state index is -0.482. The maximum Gasteiger partial charge on any atom is 0.330 e. The topological polar surface area (TPSA) is 83.0 Å². The highest BCUT2D eigenvalue weighted by atomic mass is 16.5. The average molecular weight is 184 g/mol. The highest BCUT2D eigenvalue weighted by molar-refractivity contribution is 5.73. The van der Waals surface area contributed by atoms with Crippen LogP contribution in [0.5, 0.6) is 0 Å². The van der Waals surface area contributed by atoms with Gasteiger partial charge in [-0.1, -0.05) is 0 Å². The predicted molar refractivity (Wildman–Crippen MR) is 45.8 cm³/mol. The highest BCUT2D eigenvalue weighted by Gasteiger charge is 2.16. The molecule has 0 aromatic carbocycles. The molecule has 1 heterocycles. The predicted octanol–water partition coefficient (Wildman–Crippen LogP) is -0.0156. The normalized spacial score (nSPS) is 12.5. The van der Waals surface area contributed by atoms with E-state index in [1.54, 1.807) is 13.8 Å². The standard InChI is InChI=1S/C7H12N4O2/c1-3-13-6(12)5(2)11-4-9-7(8)10-11/h4-5H,3H2,1-2H3,(H2,8,10). The summed E-state index contributed by atoms with van der Waals surface area (Å²) in [5.41, 5.74) is 5.30. The quantitative estimate of drug-likeness (QED) is 0.668. The zero-order chi connectivity index (χ0) is 9.84. The van der Waals surface area contributed by atoms with Gasteiger partial charge in [0.05, 0.1) is 6.61 Å². The summed E-state index contributed by atoms with van der Waals surface area (Å²) in [7, 11) is 0. The molecule has 1 unspecified atom stereocenters. The van der Waals surface area contributed by atoms with E-state index in [4.69, 9.17) is 10.5 Å². The Kier molecular flexibility index (Phi) is 2.84. The van der Waals surface area contributed by atoms with E-state index in [2.05, 4.69) is 10.1 Å². The molecule has 1 aromatic rings. The Morgan fingerprint density at radius 1 is 1.85 bits per heavy atom. The zero-order valence-electron chi connectivity index (χ0n) is 7.60. The second-order valence-corrected chi connectivity index (χ2v) is 2.51. The lowest BCUT2D eigenvalue weighted by Gasteiger charge is -2.09. The third-order valence-corrected chi connectivity index (χ3v) is 1.55. The van der Waals surface area contributed by atoms with Crippen molar-refractivity contribution in [3.8, 4) is 0 Å². The van der Waals surface area contributed by atoms with Gasteiger partial charge in [-0.2, -0.15) is 0 Å². The summed E-state index contributed by atoms with van der Waals surface area (Å²) in [4.78, 5) is 14.9. The number of anilines is 1. The van der Waals surface area contributed by atoms with Crippen molar-refractivity contribution in [1.82, 2.24) is 14.8 Å². The van der Waals surface area contributed by atoms with Crippen molar-refractivity contribution in [1.29, 1.82) is 0 Å². The number of hydrogen-bond donors (Lipinski definition) is 1. The van der Waals surface area contributed by atoms with E-state index in [1.165, 1.54) is 11.0 Å². The van der Waals surface area contributed by atoms with Gasteiger partial charge in [0.1, 0.15) is 12.4 Å². The molecule has 0 bridgehead atoms. The van der Waals surface area contributed by atoms with Crippen LogP contribution < -0.4 is 5.73 Å². The molecule has 0 aliphatic heterocycles. The van der Waals surface area contributed by atoms with Crippen LogP contribution >= 0.6 is 0 Å². The Hall–Kier alpha value is -1.59. The number of rotatable bonds is 3. The van der Waals surface area contributed by atoms with Gasteiger partial charge in [-0.3, -0.25) is 0 Å². The van der Waals surface area contributed by atoms with Crippen molar-refractivity contribution >= 4 is 11.9 Å². The third kappa shape index (κ3) is 2.17. The van der Waals surface area contributed by atoms with E-state index in [0.29, 0.717) is 6.61 Å². The number of nitrogens with two attached hydrogens (primary N) is 1. The maximum atomic E-state index is 11.2. The fourth-order valence-corrected chi connectivity index (χ4v) is 0.846. The van der Waals surface area contributed by atoms with Gasteiger partial charge < -0.3 is 10.5 Å². The molecule has 0 amide bonds. The van der Waals surface area contributed by atoms with Crippen LogP contribution in [0.15, 0.2) is 6.33 Å². The molecule has 0 saturated heterocycles. The first kappa shape index (κ1) is 9.50. The third-order valence-electron chi connectivity index (χ3n) is 1.55. The molecule has 72 valence electrons. The molecule has 0 spiro atoms. The van der Waals surface area contributed by atoms with Gasteiger partial charge in [-0.15, -0.1) is 5.10 Å². The zero-order valence-corrected chi connectivity index (χ0v) is 7.60. The Morgan fingerprint density at radius 3 is 3.00 bits per heavy atom. The monoisotopic (exact) mass is 184 g/mol. The van der Waals surface area contributed by atoms with Crippen molar-refractivity contribution in [2.45, 2.75) is 19.9 Å². The van der Waals surface area contributed by atoms with Crippen molar-refractivity contribution in [3.63, 3.8) is 0 Å². The Bertz CT molecular complexity index is 296. The smallest absolute Gasteiger partial charge is 0.330 e. The highest BCUT2D eigenvalue weighted by Crippen LogP contribution is 2.06. The second kappa shape index (κ2) is 3.88. The van der Waals surface area contributed by atoms with Crippen LogP contribution in [0.1, 0.15) is 19.9 Å². The van der Waals surface area contributed by atoms with E-state index in [0.717, 1.165) is 0 Å². The molecule has 2 N–H and O–H groups in total. The number of carbonyl (C=O) groups excluding carboxylic acids is 1. The van der Waals surface area contributed by atoms with Crippen LogP contribution in [0, 0.1) is 0 Å². The average Bonchev–Trinajstić information content (AvgIpc) is 2.51. The summed E-state index contributed by atoms with van der Waals surface area (Å²) in [5.74, 6) is -0.191. The SMILES string of the molecule is CCOC(=O)C(C)n1cnc(N)n1. The Labute approximate surface area is 75.7 Å². The van der Waals surface area contributed by atoms with Gasteiger partial charge in [0.2, 0.25) is 5.95 Å². The minimum Gasteiger partial charge on any atom is -0.464 e. The van der Waals surface area contributed by atoms with E-state index in [9.17, 15) is 4.79 Å². The number of carbonyl (C=O) groups is 1. The summed E-state index contributed by atoms with van der Waals surface area (Å²) in [5, 5.41) is 3.80. The van der Waals surface area contributed by atoms with Gasteiger partial charge in [-0.25, -0.2) is 14.5 Å². The lowest BCUT2D eigenvalue weighted by molar-refractivity contribution is -0.146. The Balaban J connectivity index is 2.67. The van der Waals surface area contributed by atoms with Crippen molar-refractivity contribution in [3.05, 3.63) is 6.33 Å².